The van der Waals surface area contributed by atoms with Crippen LogP contribution in [0, 0.1) is 13.8 Å². The van der Waals surface area contributed by atoms with Crippen molar-refractivity contribution in [3.05, 3.63) is 39.3 Å². The average molecular weight is 526 g/mol. The van der Waals surface area contributed by atoms with Gasteiger partial charge in [0, 0.05) is 37.0 Å². The molecule has 0 atom stereocenters. The van der Waals surface area contributed by atoms with Crippen molar-refractivity contribution < 1.29 is 18.3 Å². The minimum atomic E-state index is -2.89. The lowest BCUT2D eigenvalue weighted by Gasteiger charge is -2.15. The summed E-state index contributed by atoms with van der Waals surface area (Å²) in [5.74, 6) is 1.23. The Balaban J connectivity index is 0.00000392. The summed E-state index contributed by atoms with van der Waals surface area (Å²) < 4.78 is 34.9. The van der Waals surface area contributed by atoms with Gasteiger partial charge in [-0.15, -0.1) is 35.3 Å². The maximum absolute atomic E-state index is 12.6. The third-order valence-electron chi connectivity index (χ3n) is 3.80. The van der Waals surface area contributed by atoms with E-state index < -0.39 is 6.61 Å². The quantitative estimate of drug-likeness (QED) is 0.311. The number of aromatic nitrogens is 1. The van der Waals surface area contributed by atoms with E-state index in [1.54, 1.807) is 30.5 Å². The molecule has 156 valence electrons. The summed E-state index contributed by atoms with van der Waals surface area (Å²) >= 11 is 1.68. The lowest BCUT2D eigenvalue weighted by Crippen LogP contribution is -2.38. The topological polar surface area (TPSA) is 67.8 Å². The van der Waals surface area contributed by atoms with E-state index >= 15 is 0 Å². The van der Waals surface area contributed by atoms with Crippen molar-refractivity contribution in [3.63, 3.8) is 0 Å². The van der Waals surface area contributed by atoms with Gasteiger partial charge in [0.25, 0.3) is 0 Å². The van der Waals surface area contributed by atoms with Gasteiger partial charge in [-0.2, -0.15) is 8.78 Å². The Morgan fingerprint density at radius 3 is 2.61 bits per heavy atom. The van der Waals surface area contributed by atoms with Gasteiger partial charge in [-0.25, -0.2) is 4.98 Å². The average Bonchev–Trinajstić information content (AvgIpc) is 2.95. The highest BCUT2D eigenvalue weighted by molar-refractivity contribution is 14.0. The summed E-state index contributed by atoms with van der Waals surface area (Å²) in [6, 6.07) is 4.70. The number of benzene rings is 1. The number of ether oxygens (including phenoxy) is 2. The number of aliphatic imine (C=N–C) groups is 1. The minimum Gasteiger partial charge on any atom is -0.497 e. The van der Waals surface area contributed by atoms with Crippen LogP contribution >= 0.6 is 35.3 Å². The number of thiazole rings is 1. The third-order valence-corrected chi connectivity index (χ3v) is 4.93. The molecule has 2 N–H and O–H groups in total. The largest absolute Gasteiger partial charge is 0.497 e. The molecule has 2 aromatic rings. The Morgan fingerprint density at radius 2 is 2.04 bits per heavy atom. The third kappa shape index (κ3) is 7.38. The summed E-state index contributed by atoms with van der Waals surface area (Å²) in [7, 11) is 3.17. The number of halogens is 3. The first-order chi connectivity index (χ1) is 12.9. The van der Waals surface area contributed by atoms with Crippen molar-refractivity contribution >= 4 is 41.3 Å². The molecule has 10 heteroatoms. The molecule has 1 aromatic carbocycles. The smallest absolute Gasteiger partial charge is 0.387 e. The minimum absolute atomic E-state index is 0. The number of hydrogen-bond acceptors (Lipinski definition) is 5. The van der Waals surface area contributed by atoms with E-state index in [2.05, 4.69) is 25.3 Å². The molecule has 0 saturated carbocycles. The molecule has 0 saturated heterocycles. The van der Waals surface area contributed by atoms with Crippen LogP contribution in [0.15, 0.2) is 23.2 Å². The van der Waals surface area contributed by atoms with Crippen LogP contribution in [-0.4, -0.2) is 38.3 Å². The Labute approximate surface area is 184 Å². The summed E-state index contributed by atoms with van der Waals surface area (Å²) in [4.78, 5) is 9.80. The van der Waals surface area contributed by atoms with Gasteiger partial charge in [0.15, 0.2) is 5.96 Å². The number of alkyl halides is 2. The van der Waals surface area contributed by atoms with Crippen molar-refractivity contribution in [2.24, 2.45) is 4.99 Å². The van der Waals surface area contributed by atoms with Gasteiger partial charge in [-0.05, 0) is 32.0 Å². The predicted octanol–water partition coefficient (Wildman–Crippen LogP) is 3.90. The zero-order valence-electron chi connectivity index (χ0n) is 16.2. The number of methoxy groups -OCH3 is 1. The van der Waals surface area contributed by atoms with Crippen LogP contribution in [0.25, 0.3) is 0 Å². The molecule has 0 amide bonds. The van der Waals surface area contributed by atoms with E-state index in [0.29, 0.717) is 23.8 Å². The Kier molecular flexibility index (Phi) is 10.4. The molecule has 1 aromatic heterocycles. The van der Waals surface area contributed by atoms with Crippen LogP contribution in [0.2, 0.25) is 0 Å². The number of aryl methyl sites for hydroxylation is 2. The molecule has 0 fully saturated rings. The normalized spacial score (nSPS) is 11.2. The molecule has 6 nitrogen and oxygen atoms in total. The van der Waals surface area contributed by atoms with Crippen LogP contribution in [0.1, 0.15) is 21.1 Å². The van der Waals surface area contributed by atoms with Gasteiger partial charge in [0.1, 0.15) is 11.5 Å². The van der Waals surface area contributed by atoms with Crippen molar-refractivity contribution in [2.45, 2.75) is 33.4 Å². The van der Waals surface area contributed by atoms with Crippen LogP contribution in [0.3, 0.4) is 0 Å². The van der Waals surface area contributed by atoms with E-state index in [4.69, 9.17) is 4.74 Å². The zero-order valence-corrected chi connectivity index (χ0v) is 19.4. The number of nitrogens with zero attached hydrogens (tertiary/aromatic N) is 2. The fourth-order valence-corrected chi connectivity index (χ4v) is 3.47. The van der Waals surface area contributed by atoms with Crippen molar-refractivity contribution in [2.75, 3.05) is 20.7 Å². The van der Waals surface area contributed by atoms with Gasteiger partial charge < -0.3 is 20.1 Å². The molecule has 0 radical (unpaired) electrons. The van der Waals surface area contributed by atoms with Gasteiger partial charge in [0.05, 0.1) is 17.8 Å². The van der Waals surface area contributed by atoms with Crippen LogP contribution in [-0.2, 0) is 13.0 Å². The van der Waals surface area contributed by atoms with Crippen molar-refractivity contribution in [1.29, 1.82) is 0 Å². The van der Waals surface area contributed by atoms with Crippen LogP contribution in [0.5, 0.6) is 11.5 Å². The van der Waals surface area contributed by atoms with E-state index in [9.17, 15) is 8.78 Å². The first-order valence-electron chi connectivity index (χ1n) is 8.42. The van der Waals surface area contributed by atoms with Gasteiger partial charge in [-0.3, -0.25) is 4.99 Å². The second-order valence-electron chi connectivity index (χ2n) is 5.70. The van der Waals surface area contributed by atoms with E-state index in [-0.39, 0.29) is 36.3 Å². The second-order valence-corrected chi connectivity index (χ2v) is 6.98. The predicted molar refractivity (Wildman–Crippen MR) is 119 cm³/mol. The number of guanidine groups is 1. The molecule has 1 heterocycles. The maximum atomic E-state index is 12.6. The lowest BCUT2D eigenvalue weighted by atomic mass is 10.2. The van der Waals surface area contributed by atoms with E-state index in [1.807, 2.05) is 13.8 Å². The number of nitrogens with one attached hydrogen (secondary N) is 2. The van der Waals surface area contributed by atoms with Gasteiger partial charge in [0.2, 0.25) is 0 Å². The summed E-state index contributed by atoms with van der Waals surface area (Å²) in [6.45, 7) is 2.04. The monoisotopic (exact) mass is 526 g/mol. The molecule has 28 heavy (non-hydrogen) atoms. The van der Waals surface area contributed by atoms with E-state index in [0.717, 1.165) is 17.1 Å². The molecule has 0 aliphatic heterocycles. The SMILES string of the molecule is CN=C(NCCc1sc(C)nc1C)NCc1cc(OC)ccc1OC(F)F.I. The molecule has 0 unspecified atom stereocenters. The Bertz CT molecular complexity index is 787. The molecular weight excluding hydrogens is 501 g/mol. The summed E-state index contributed by atoms with van der Waals surface area (Å²) in [5, 5.41) is 7.36. The van der Waals surface area contributed by atoms with Gasteiger partial charge >= 0.3 is 6.61 Å². The lowest BCUT2D eigenvalue weighted by molar-refractivity contribution is -0.0504. The molecule has 0 aliphatic rings. The Hall–Kier alpha value is -1.69. The fourth-order valence-electron chi connectivity index (χ4n) is 2.53. The summed E-state index contributed by atoms with van der Waals surface area (Å²) in [5.41, 5.74) is 1.60. The standard InChI is InChI=1S/C18H24F2N4O2S.HI/c1-11-16(27-12(2)24-11)7-8-22-18(21-3)23-10-13-9-14(25-4)5-6-15(13)26-17(19)20;/h5-6,9,17H,7-8,10H2,1-4H3,(H2,21,22,23);1H. The first-order valence-corrected chi connectivity index (χ1v) is 9.23. The molecule has 0 aliphatic carbocycles. The van der Waals surface area contributed by atoms with Crippen molar-refractivity contribution in [1.82, 2.24) is 15.6 Å². The van der Waals surface area contributed by atoms with Crippen LogP contribution in [0.4, 0.5) is 8.78 Å². The second kappa shape index (κ2) is 12.0. The Morgan fingerprint density at radius 1 is 1.29 bits per heavy atom. The van der Waals surface area contributed by atoms with Crippen LogP contribution < -0.4 is 20.1 Å². The molecule has 2 rings (SSSR count). The molecular formula is C18H25F2IN4O2S. The number of hydrogen-bond donors (Lipinski definition) is 2. The fraction of sp³-hybridized carbons (Fsp3) is 0.444. The highest BCUT2D eigenvalue weighted by Gasteiger charge is 2.12. The van der Waals surface area contributed by atoms with E-state index in [1.165, 1.54) is 18.1 Å². The zero-order chi connectivity index (χ0) is 19.8. The van der Waals surface area contributed by atoms with Crippen molar-refractivity contribution in [3.8, 4) is 11.5 Å². The van der Waals surface area contributed by atoms with Gasteiger partial charge in [-0.1, -0.05) is 0 Å². The summed E-state index contributed by atoms with van der Waals surface area (Å²) in [6.07, 6.45) is 0.830. The maximum Gasteiger partial charge on any atom is 0.387 e. The first kappa shape index (κ1) is 24.3. The molecule has 0 spiro atoms. The highest BCUT2D eigenvalue weighted by Crippen LogP contribution is 2.25. The highest BCUT2D eigenvalue weighted by atomic mass is 127. The number of rotatable bonds is 8. The molecule has 0 bridgehead atoms.